The van der Waals surface area contributed by atoms with E-state index in [1.165, 1.54) is 0 Å². The monoisotopic (exact) mass is 389 g/mol. The Labute approximate surface area is 143 Å². The van der Waals surface area contributed by atoms with Gasteiger partial charge in [-0.2, -0.15) is 5.10 Å². The fourth-order valence-electron chi connectivity index (χ4n) is 2.38. The van der Waals surface area contributed by atoms with Crippen LogP contribution in [0, 0.1) is 0 Å². The zero-order valence-corrected chi connectivity index (χ0v) is 15.1. The highest BCUT2D eigenvalue weighted by atomic mass is 79.9. The summed E-state index contributed by atoms with van der Waals surface area (Å²) >= 11 is 15.7. The summed E-state index contributed by atoms with van der Waals surface area (Å²) in [6, 6.07) is 5.95. The molecule has 1 unspecified atom stereocenters. The Balaban J connectivity index is 2.30. The Hall–Kier alpha value is -0.550. The fraction of sp³-hybridized carbons (Fsp3) is 0.400. The van der Waals surface area contributed by atoms with Crippen molar-refractivity contribution in [1.82, 2.24) is 15.1 Å². The second-order valence-corrected chi connectivity index (χ2v) is 6.43. The Kier molecular flexibility index (Phi) is 6.11. The van der Waals surface area contributed by atoms with Gasteiger partial charge in [0.05, 0.1) is 32.5 Å². The van der Waals surface area contributed by atoms with E-state index in [4.69, 9.17) is 23.2 Å². The lowest BCUT2D eigenvalue weighted by Crippen LogP contribution is -2.26. The molecule has 0 saturated heterocycles. The van der Waals surface area contributed by atoms with Crippen molar-refractivity contribution in [3.05, 3.63) is 50.2 Å². The molecule has 0 fully saturated rings. The molecule has 0 amide bonds. The molecule has 2 aromatic rings. The summed E-state index contributed by atoms with van der Waals surface area (Å²) < 4.78 is 3.03. The van der Waals surface area contributed by atoms with Gasteiger partial charge in [0.1, 0.15) is 0 Å². The molecule has 0 spiro atoms. The van der Waals surface area contributed by atoms with Crippen LogP contribution in [0.2, 0.25) is 10.0 Å². The number of aromatic nitrogens is 2. The number of nitrogens with one attached hydrogen (secondary N) is 1. The van der Waals surface area contributed by atoms with Crippen LogP contribution in [0.25, 0.3) is 0 Å². The van der Waals surface area contributed by atoms with Crippen LogP contribution in [0.1, 0.15) is 31.1 Å². The van der Waals surface area contributed by atoms with E-state index in [-0.39, 0.29) is 6.04 Å². The van der Waals surface area contributed by atoms with Gasteiger partial charge in [-0.25, -0.2) is 0 Å². The normalized spacial score (nSPS) is 12.6. The summed E-state index contributed by atoms with van der Waals surface area (Å²) in [5, 5.41) is 9.08. The smallest absolute Gasteiger partial charge is 0.0698 e. The van der Waals surface area contributed by atoms with Gasteiger partial charge >= 0.3 is 0 Å². The van der Waals surface area contributed by atoms with E-state index in [1.54, 1.807) is 0 Å². The second kappa shape index (κ2) is 7.63. The van der Waals surface area contributed by atoms with Gasteiger partial charge in [-0.05, 0) is 53.5 Å². The molecular formula is C15H18BrCl2N3. The maximum atomic E-state index is 6.11. The summed E-state index contributed by atoms with van der Waals surface area (Å²) in [6.45, 7) is 5.91. The van der Waals surface area contributed by atoms with Crippen molar-refractivity contribution in [2.45, 2.75) is 32.9 Å². The van der Waals surface area contributed by atoms with Gasteiger partial charge in [-0.3, -0.25) is 4.68 Å². The maximum Gasteiger partial charge on any atom is 0.0698 e. The van der Waals surface area contributed by atoms with Crippen LogP contribution in [-0.2, 0) is 13.0 Å². The van der Waals surface area contributed by atoms with Gasteiger partial charge in [-0.15, -0.1) is 0 Å². The molecule has 1 N–H and O–H groups in total. The van der Waals surface area contributed by atoms with Crippen molar-refractivity contribution in [1.29, 1.82) is 0 Å². The minimum Gasteiger partial charge on any atom is -0.309 e. The Morgan fingerprint density at radius 1 is 1.29 bits per heavy atom. The molecule has 1 atom stereocenters. The molecule has 2 rings (SSSR count). The molecule has 0 bridgehead atoms. The number of hydrogen-bond acceptors (Lipinski definition) is 2. The van der Waals surface area contributed by atoms with E-state index in [2.05, 4.69) is 40.2 Å². The SMILES string of the molecule is CCNC(Cc1ccc(Cl)c(Cl)c1)c1c(Br)cnn1CC. The van der Waals surface area contributed by atoms with Crippen LogP contribution in [-0.4, -0.2) is 16.3 Å². The van der Waals surface area contributed by atoms with Gasteiger partial charge in [0.2, 0.25) is 0 Å². The van der Waals surface area contributed by atoms with Crippen molar-refractivity contribution in [2.75, 3.05) is 6.54 Å². The molecule has 6 heteroatoms. The number of halogens is 3. The summed E-state index contributed by atoms with van der Waals surface area (Å²) in [7, 11) is 0. The molecule has 1 heterocycles. The zero-order valence-electron chi connectivity index (χ0n) is 12.0. The molecule has 0 aliphatic rings. The number of benzene rings is 1. The predicted molar refractivity (Wildman–Crippen MR) is 92.2 cm³/mol. The first kappa shape index (κ1) is 16.8. The minimum atomic E-state index is 0.170. The predicted octanol–water partition coefficient (Wildman–Crippen LogP) is 4.87. The first-order chi connectivity index (χ1) is 10.1. The first-order valence-corrected chi connectivity index (χ1v) is 8.50. The highest BCUT2D eigenvalue weighted by Gasteiger charge is 2.19. The standard InChI is InChI=1S/C15H18BrCl2N3/c1-3-19-14(15-11(16)9-20-21(15)4-2)8-10-5-6-12(17)13(18)7-10/h5-7,9,14,19H,3-4,8H2,1-2H3. The van der Waals surface area contributed by atoms with Gasteiger partial charge in [0.15, 0.2) is 0 Å². The number of rotatable bonds is 6. The molecule has 21 heavy (non-hydrogen) atoms. The third kappa shape index (κ3) is 4.01. The Bertz CT molecular complexity index is 613. The van der Waals surface area contributed by atoms with E-state index < -0.39 is 0 Å². The fourth-order valence-corrected chi connectivity index (χ4v) is 3.28. The quantitative estimate of drug-likeness (QED) is 0.762. The molecule has 0 saturated carbocycles. The number of hydrogen-bond donors (Lipinski definition) is 1. The number of likely N-dealkylation sites (N-methyl/N-ethyl adjacent to an activating group) is 1. The van der Waals surface area contributed by atoms with Gasteiger partial charge in [0, 0.05) is 6.54 Å². The largest absolute Gasteiger partial charge is 0.309 e. The minimum absolute atomic E-state index is 0.170. The second-order valence-electron chi connectivity index (χ2n) is 4.76. The average molecular weight is 391 g/mol. The average Bonchev–Trinajstić information content (AvgIpc) is 2.83. The highest BCUT2D eigenvalue weighted by molar-refractivity contribution is 9.10. The summed E-state index contributed by atoms with van der Waals surface area (Å²) in [5.41, 5.74) is 2.30. The summed E-state index contributed by atoms with van der Waals surface area (Å²) in [4.78, 5) is 0. The lowest BCUT2D eigenvalue weighted by molar-refractivity contribution is 0.488. The van der Waals surface area contributed by atoms with E-state index >= 15 is 0 Å². The Morgan fingerprint density at radius 3 is 2.67 bits per heavy atom. The molecule has 3 nitrogen and oxygen atoms in total. The Morgan fingerprint density at radius 2 is 2.05 bits per heavy atom. The number of aryl methyl sites for hydroxylation is 1. The van der Waals surface area contributed by atoms with Crippen LogP contribution >= 0.6 is 39.1 Å². The van der Waals surface area contributed by atoms with E-state index in [0.29, 0.717) is 10.0 Å². The van der Waals surface area contributed by atoms with Crippen LogP contribution in [0.15, 0.2) is 28.9 Å². The van der Waals surface area contributed by atoms with Crippen molar-refractivity contribution >= 4 is 39.1 Å². The maximum absolute atomic E-state index is 6.11. The highest BCUT2D eigenvalue weighted by Crippen LogP contribution is 2.29. The van der Waals surface area contributed by atoms with Crippen molar-refractivity contribution < 1.29 is 0 Å². The van der Waals surface area contributed by atoms with Gasteiger partial charge < -0.3 is 5.32 Å². The molecular weight excluding hydrogens is 373 g/mol. The van der Waals surface area contributed by atoms with Crippen molar-refractivity contribution in [3.63, 3.8) is 0 Å². The summed E-state index contributed by atoms with van der Waals surface area (Å²) in [5.74, 6) is 0. The van der Waals surface area contributed by atoms with E-state index in [1.807, 2.05) is 29.1 Å². The van der Waals surface area contributed by atoms with E-state index in [0.717, 1.165) is 35.2 Å². The van der Waals surface area contributed by atoms with Crippen LogP contribution in [0.3, 0.4) is 0 Å². The topological polar surface area (TPSA) is 29.9 Å². The van der Waals surface area contributed by atoms with Gasteiger partial charge in [0.25, 0.3) is 0 Å². The number of nitrogens with zero attached hydrogens (tertiary/aromatic N) is 2. The van der Waals surface area contributed by atoms with Crippen molar-refractivity contribution in [3.8, 4) is 0 Å². The molecule has 1 aromatic carbocycles. The molecule has 0 aliphatic carbocycles. The summed E-state index contributed by atoms with van der Waals surface area (Å²) in [6.07, 6.45) is 2.67. The van der Waals surface area contributed by atoms with Crippen LogP contribution in [0.4, 0.5) is 0 Å². The van der Waals surface area contributed by atoms with Gasteiger partial charge in [-0.1, -0.05) is 36.2 Å². The van der Waals surface area contributed by atoms with Crippen molar-refractivity contribution in [2.24, 2.45) is 0 Å². The molecule has 1 aromatic heterocycles. The zero-order chi connectivity index (χ0) is 15.4. The first-order valence-electron chi connectivity index (χ1n) is 6.95. The van der Waals surface area contributed by atoms with E-state index in [9.17, 15) is 0 Å². The third-order valence-electron chi connectivity index (χ3n) is 3.34. The third-order valence-corrected chi connectivity index (χ3v) is 4.69. The molecule has 0 aliphatic heterocycles. The molecule has 114 valence electrons. The molecule has 0 radical (unpaired) electrons. The van der Waals surface area contributed by atoms with Crippen LogP contribution in [0.5, 0.6) is 0 Å². The lowest BCUT2D eigenvalue weighted by Gasteiger charge is -2.20. The lowest BCUT2D eigenvalue weighted by atomic mass is 10.0. The van der Waals surface area contributed by atoms with Crippen LogP contribution < -0.4 is 5.32 Å².